The van der Waals surface area contributed by atoms with E-state index in [1.807, 2.05) is 36.4 Å². The smallest absolute Gasteiger partial charge is 0.547 e. The van der Waals surface area contributed by atoms with E-state index < -0.39 is 11.6 Å². The molecule has 0 aliphatic heterocycles. The standard InChI is InChI=1S/C16H16O3.K/c1-16(15(17)18,14-10-6-3-7-11-14)19-12-13-8-4-2-5-9-13;/h2-11H,12H2,1H3,(H,17,18);/q;+1/p-1. The number of carbonyl (C=O) groups excluding carboxylic acids is 1. The van der Waals surface area contributed by atoms with Crippen molar-refractivity contribution in [3.05, 3.63) is 71.8 Å². The van der Waals surface area contributed by atoms with E-state index in [4.69, 9.17) is 4.74 Å². The first kappa shape index (κ1) is 17.6. The Labute approximate surface area is 161 Å². The zero-order chi connectivity index (χ0) is 13.7. The Bertz CT molecular complexity index is 542. The first-order valence-electron chi connectivity index (χ1n) is 6.08. The molecule has 20 heavy (non-hydrogen) atoms. The fourth-order valence-electron chi connectivity index (χ4n) is 1.82. The van der Waals surface area contributed by atoms with Gasteiger partial charge in [0, 0.05) is 0 Å². The largest absolute Gasteiger partial charge is 1.00 e. The van der Waals surface area contributed by atoms with Gasteiger partial charge in [0.05, 0.1) is 12.6 Å². The van der Waals surface area contributed by atoms with Crippen molar-refractivity contribution in [3.63, 3.8) is 0 Å². The van der Waals surface area contributed by atoms with E-state index in [-0.39, 0.29) is 58.0 Å². The SMILES string of the molecule is CC(OCc1ccccc1)(C(=O)[O-])c1ccccc1.[K+]. The van der Waals surface area contributed by atoms with Crippen molar-refractivity contribution in [2.75, 3.05) is 0 Å². The number of hydrogen-bond donors (Lipinski definition) is 0. The number of aliphatic carboxylic acids is 1. The molecule has 4 heteroatoms. The molecule has 2 rings (SSSR count). The van der Waals surface area contributed by atoms with Gasteiger partial charge < -0.3 is 14.6 Å². The molecule has 2 aromatic rings. The summed E-state index contributed by atoms with van der Waals surface area (Å²) in [5, 5.41) is 11.4. The van der Waals surface area contributed by atoms with Crippen LogP contribution in [0, 0.1) is 0 Å². The fourth-order valence-corrected chi connectivity index (χ4v) is 1.82. The summed E-state index contributed by atoms with van der Waals surface area (Å²) in [5.41, 5.74) is 0.0498. The van der Waals surface area contributed by atoms with Gasteiger partial charge in [0.1, 0.15) is 5.60 Å². The molecule has 0 fully saturated rings. The minimum atomic E-state index is -1.45. The van der Waals surface area contributed by atoms with Gasteiger partial charge in [0.25, 0.3) is 0 Å². The summed E-state index contributed by atoms with van der Waals surface area (Å²) < 4.78 is 5.60. The number of hydrogen-bond acceptors (Lipinski definition) is 3. The molecule has 0 saturated heterocycles. The summed E-state index contributed by atoms with van der Waals surface area (Å²) in [7, 11) is 0. The minimum Gasteiger partial charge on any atom is -0.547 e. The first-order valence-corrected chi connectivity index (χ1v) is 6.08. The summed E-state index contributed by atoms with van der Waals surface area (Å²) in [5.74, 6) is -1.24. The molecular formula is C16H15KO3. The van der Waals surface area contributed by atoms with Crippen LogP contribution in [-0.4, -0.2) is 5.97 Å². The Hall–Kier alpha value is -0.494. The number of carboxylic acid groups (broad SMARTS) is 1. The van der Waals surface area contributed by atoms with Gasteiger partial charge in [0.2, 0.25) is 0 Å². The molecule has 0 saturated carbocycles. The van der Waals surface area contributed by atoms with Crippen molar-refractivity contribution >= 4 is 5.97 Å². The van der Waals surface area contributed by atoms with Crippen LogP contribution in [0.2, 0.25) is 0 Å². The maximum atomic E-state index is 11.4. The second kappa shape index (κ2) is 8.07. The van der Waals surface area contributed by atoms with Gasteiger partial charge in [-0.05, 0) is 18.1 Å². The molecule has 1 atom stereocenters. The molecule has 0 aliphatic carbocycles. The van der Waals surface area contributed by atoms with Gasteiger partial charge in [-0.3, -0.25) is 0 Å². The van der Waals surface area contributed by atoms with Gasteiger partial charge in [-0.1, -0.05) is 60.7 Å². The maximum absolute atomic E-state index is 11.4. The van der Waals surface area contributed by atoms with Crippen molar-refractivity contribution in [1.29, 1.82) is 0 Å². The Morgan fingerprint density at radius 1 is 1.05 bits per heavy atom. The zero-order valence-corrected chi connectivity index (χ0v) is 14.8. The number of carbonyl (C=O) groups is 1. The predicted molar refractivity (Wildman–Crippen MR) is 70.0 cm³/mol. The van der Waals surface area contributed by atoms with Gasteiger partial charge >= 0.3 is 51.4 Å². The molecular weight excluding hydrogens is 279 g/mol. The topological polar surface area (TPSA) is 49.4 Å². The maximum Gasteiger partial charge on any atom is 1.00 e. The average molecular weight is 294 g/mol. The third kappa shape index (κ3) is 4.25. The quantitative estimate of drug-likeness (QED) is 0.656. The number of ether oxygens (including phenoxy) is 1. The molecule has 1 unspecified atom stereocenters. The summed E-state index contributed by atoms with van der Waals surface area (Å²) in [4.78, 5) is 11.4. The Kier molecular flexibility index (Phi) is 7.09. The number of rotatable bonds is 5. The van der Waals surface area contributed by atoms with Crippen LogP contribution in [0.4, 0.5) is 0 Å². The van der Waals surface area contributed by atoms with E-state index >= 15 is 0 Å². The second-order valence-corrected chi connectivity index (χ2v) is 4.46. The molecule has 0 bridgehead atoms. The van der Waals surface area contributed by atoms with E-state index in [0.29, 0.717) is 5.56 Å². The van der Waals surface area contributed by atoms with E-state index in [2.05, 4.69) is 0 Å². The van der Waals surface area contributed by atoms with E-state index in [9.17, 15) is 9.90 Å². The van der Waals surface area contributed by atoms with Crippen LogP contribution in [0.1, 0.15) is 18.1 Å². The summed E-state index contributed by atoms with van der Waals surface area (Å²) in [6, 6.07) is 18.3. The Balaban J connectivity index is 0.00000200. The Morgan fingerprint density at radius 2 is 1.55 bits per heavy atom. The first-order chi connectivity index (χ1) is 9.13. The average Bonchev–Trinajstić information content (AvgIpc) is 2.46. The molecule has 98 valence electrons. The van der Waals surface area contributed by atoms with Crippen LogP contribution in [0.3, 0.4) is 0 Å². The summed E-state index contributed by atoms with van der Waals surface area (Å²) in [6.07, 6.45) is 0. The molecule has 0 aliphatic rings. The van der Waals surface area contributed by atoms with Crippen molar-refractivity contribution in [2.24, 2.45) is 0 Å². The van der Waals surface area contributed by atoms with Gasteiger partial charge in [-0.25, -0.2) is 0 Å². The molecule has 0 aromatic heterocycles. The molecule has 0 N–H and O–H groups in total. The summed E-state index contributed by atoms with van der Waals surface area (Å²) in [6.45, 7) is 1.74. The predicted octanol–water partition coefficient (Wildman–Crippen LogP) is -1.13. The molecule has 0 amide bonds. The zero-order valence-electron chi connectivity index (χ0n) is 11.7. The molecule has 0 radical (unpaired) electrons. The van der Waals surface area contributed by atoms with Crippen LogP contribution in [0.15, 0.2) is 60.7 Å². The van der Waals surface area contributed by atoms with Crippen LogP contribution in [-0.2, 0) is 21.7 Å². The molecule has 0 heterocycles. The van der Waals surface area contributed by atoms with Crippen LogP contribution in [0.5, 0.6) is 0 Å². The third-order valence-corrected chi connectivity index (χ3v) is 3.08. The number of benzene rings is 2. The normalized spacial score (nSPS) is 13.1. The molecule has 0 spiro atoms. The molecule has 2 aromatic carbocycles. The van der Waals surface area contributed by atoms with Gasteiger partial charge in [-0.2, -0.15) is 0 Å². The summed E-state index contributed by atoms with van der Waals surface area (Å²) >= 11 is 0. The third-order valence-electron chi connectivity index (χ3n) is 3.08. The van der Waals surface area contributed by atoms with Crippen molar-refractivity contribution in [3.8, 4) is 0 Å². The van der Waals surface area contributed by atoms with Crippen molar-refractivity contribution in [2.45, 2.75) is 19.1 Å². The molecule has 3 nitrogen and oxygen atoms in total. The van der Waals surface area contributed by atoms with Crippen LogP contribution < -0.4 is 56.5 Å². The van der Waals surface area contributed by atoms with Crippen LogP contribution in [0.25, 0.3) is 0 Å². The van der Waals surface area contributed by atoms with Crippen molar-refractivity contribution < 1.29 is 66.0 Å². The van der Waals surface area contributed by atoms with E-state index in [0.717, 1.165) is 5.56 Å². The number of carboxylic acids is 1. The van der Waals surface area contributed by atoms with Crippen molar-refractivity contribution in [1.82, 2.24) is 0 Å². The van der Waals surface area contributed by atoms with Gasteiger partial charge in [0.15, 0.2) is 0 Å². The van der Waals surface area contributed by atoms with E-state index in [1.165, 1.54) is 6.92 Å². The van der Waals surface area contributed by atoms with Crippen LogP contribution >= 0.6 is 0 Å². The monoisotopic (exact) mass is 294 g/mol. The van der Waals surface area contributed by atoms with Gasteiger partial charge in [-0.15, -0.1) is 0 Å². The van der Waals surface area contributed by atoms with E-state index in [1.54, 1.807) is 24.3 Å². The second-order valence-electron chi connectivity index (χ2n) is 4.46. The fraction of sp³-hybridized carbons (Fsp3) is 0.188. The Morgan fingerprint density at radius 3 is 2.05 bits per heavy atom. The minimum absolute atomic E-state index is 0.